The highest BCUT2D eigenvalue weighted by Crippen LogP contribution is 2.37. The van der Waals surface area contributed by atoms with E-state index in [2.05, 4.69) is 15.9 Å². The molecule has 7 heteroatoms. The van der Waals surface area contributed by atoms with Crippen LogP contribution in [-0.2, 0) is 0 Å². The molecule has 2 aromatic rings. The van der Waals surface area contributed by atoms with Gasteiger partial charge in [-0.2, -0.15) is 0 Å². The molecule has 0 aromatic heterocycles. The number of carboxylic acids is 1. The van der Waals surface area contributed by atoms with Crippen molar-refractivity contribution in [1.82, 2.24) is 0 Å². The molecular weight excluding hydrogens is 346 g/mol. The molecule has 102 valence electrons. The summed E-state index contributed by atoms with van der Waals surface area (Å²) in [6.45, 7) is 0. The van der Waals surface area contributed by atoms with Crippen LogP contribution >= 0.6 is 27.7 Å². The van der Waals surface area contributed by atoms with E-state index in [1.54, 1.807) is 30.3 Å². The smallest absolute Gasteiger partial charge is 0.336 e. The summed E-state index contributed by atoms with van der Waals surface area (Å²) in [5.41, 5.74) is 0.0603. The number of hydrogen-bond donors (Lipinski definition) is 1. The van der Waals surface area contributed by atoms with Crippen LogP contribution in [0.4, 0.5) is 5.69 Å². The lowest BCUT2D eigenvalue weighted by Gasteiger charge is -2.07. The second kappa shape index (κ2) is 6.06. The average Bonchev–Trinajstić information content (AvgIpc) is 2.38. The summed E-state index contributed by atoms with van der Waals surface area (Å²) in [5.74, 6) is -1.07. The van der Waals surface area contributed by atoms with Gasteiger partial charge in [0, 0.05) is 15.4 Å². The molecule has 0 saturated carbocycles. The molecule has 0 aliphatic rings. The Morgan fingerprint density at radius 2 is 1.90 bits per heavy atom. The molecule has 2 rings (SSSR count). The summed E-state index contributed by atoms with van der Waals surface area (Å²) in [6, 6.07) is 10.9. The highest BCUT2D eigenvalue weighted by atomic mass is 79.9. The van der Waals surface area contributed by atoms with Gasteiger partial charge in [-0.05, 0) is 24.3 Å². The number of carbonyl (C=O) groups is 1. The van der Waals surface area contributed by atoms with E-state index in [4.69, 9.17) is 5.11 Å². The van der Waals surface area contributed by atoms with Crippen LogP contribution in [0.2, 0.25) is 0 Å². The number of hydrogen-bond acceptors (Lipinski definition) is 4. The minimum Gasteiger partial charge on any atom is -0.478 e. The van der Waals surface area contributed by atoms with Gasteiger partial charge < -0.3 is 5.11 Å². The highest BCUT2D eigenvalue weighted by Gasteiger charge is 2.17. The summed E-state index contributed by atoms with van der Waals surface area (Å²) in [4.78, 5) is 22.5. The number of halogens is 1. The molecule has 0 bridgehead atoms. The van der Waals surface area contributed by atoms with Gasteiger partial charge in [-0.15, -0.1) is 0 Å². The molecule has 0 saturated heterocycles. The molecule has 0 atom stereocenters. The molecule has 0 spiro atoms. The fourth-order valence-corrected chi connectivity index (χ4v) is 3.16. The number of nitro benzene ring substituents is 1. The number of rotatable bonds is 4. The van der Waals surface area contributed by atoms with Gasteiger partial charge in [0.2, 0.25) is 0 Å². The number of para-hydroxylation sites is 1. The number of nitrogens with zero attached hydrogens (tertiary/aromatic N) is 1. The second-order valence-electron chi connectivity index (χ2n) is 3.77. The number of benzene rings is 2. The molecular formula is C13H8BrNO4S. The number of nitro groups is 1. The molecule has 0 aliphatic carbocycles. The Kier molecular flexibility index (Phi) is 4.41. The lowest BCUT2D eigenvalue weighted by atomic mass is 10.2. The van der Waals surface area contributed by atoms with Crippen LogP contribution in [0.3, 0.4) is 0 Å². The van der Waals surface area contributed by atoms with Gasteiger partial charge in [-0.25, -0.2) is 4.79 Å². The summed E-state index contributed by atoms with van der Waals surface area (Å²) in [5, 5.41) is 20.1. The minimum absolute atomic E-state index is 0.0474. The Morgan fingerprint density at radius 3 is 2.55 bits per heavy atom. The van der Waals surface area contributed by atoms with E-state index in [-0.39, 0.29) is 11.3 Å². The van der Waals surface area contributed by atoms with Crippen molar-refractivity contribution in [3.05, 3.63) is 62.6 Å². The molecule has 20 heavy (non-hydrogen) atoms. The Labute approximate surface area is 126 Å². The summed E-state index contributed by atoms with van der Waals surface area (Å²) >= 11 is 4.33. The molecule has 0 heterocycles. The van der Waals surface area contributed by atoms with Gasteiger partial charge >= 0.3 is 5.97 Å². The lowest BCUT2D eigenvalue weighted by Crippen LogP contribution is -1.99. The van der Waals surface area contributed by atoms with Crippen LogP contribution in [-0.4, -0.2) is 16.0 Å². The van der Waals surface area contributed by atoms with Crippen molar-refractivity contribution in [2.45, 2.75) is 9.79 Å². The molecule has 5 nitrogen and oxygen atoms in total. The molecule has 0 amide bonds. The van der Waals surface area contributed by atoms with Crippen LogP contribution in [0.5, 0.6) is 0 Å². The van der Waals surface area contributed by atoms with E-state index < -0.39 is 10.9 Å². The molecule has 1 N–H and O–H groups in total. The predicted molar refractivity (Wildman–Crippen MR) is 78.3 cm³/mol. The fourth-order valence-electron chi connectivity index (χ4n) is 1.57. The number of aromatic carboxylic acids is 1. The van der Waals surface area contributed by atoms with Crippen molar-refractivity contribution in [3.63, 3.8) is 0 Å². The van der Waals surface area contributed by atoms with Gasteiger partial charge in [-0.3, -0.25) is 10.1 Å². The highest BCUT2D eigenvalue weighted by molar-refractivity contribution is 9.10. The van der Waals surface area contributed by atoms with Crippen molar-refractivity contribution in [3.8, 4) is 0 Å². The van der Waals surface area contributed by atoms with Gasteiger partial charge in [0.1, 0.15) is 0 Å². The van der Waals surface area contributed by atoms with E-state index in [1.165, 1.54) is 12.1 Å². The first-order valence-electron chi connectivity index (χ1n) is 5.43. The fraction of sp³-hybridized carbons (Fsp3) is 0. The SMILES string of the molecule is O=C(O)c1ccc(Br)cc1Sc1ccccc1[N+](=O)[O-]. The van der Waals surface area contributed by atoms with E-state index >= 15 is 0 Å². The van der Waals surface area contributed by atoms with E-state index in [0.29, 0.717) is 14.3 Å². The van der Waals surface area contributed by atoms with Crippen molar-refractivity contribution >= 4 is 39.3 Å². The molecule has 0 radical (unpaired) electrons. The van der Waals surface area contributed by atoms with Crippen LogP contribution in [0, 0.1) is 10.1 Å². The first-order valence-corrected chi connectivity index (χ1v) is 7.04. The molecule has 0 unspecified atom stereocenters. The second-order valence-corrected chi connectivity index (χ2v) is 5.77. The van der Waals surface area contributed by atoms with Gasteiger partial charge in [-0.1, -0.05) is 39.8 Å². The maximum Gasteiger partial charge on any atom is 0.336 e. The van der Waals surface area contributed by atoms with E-state index in [1.807, 2.05) is 0 Å². The van der Waals surface area contributed by atoms with Crippen molar-refractivity contribution < 1.29 is 14.8 Å². The van der Waals surface area contributed by atoms with E-state index in [9.17, 15) is 14.9 Å². The quantitative estimate of drug-likeness (QED) is 0.657. The van der Waals surface area contributed by atoms with Crippen molar-refractivity contribution in [2.75, 3.05) is 0 Å². The summed E-state index contributed by atoms with van der Waals surface area (Å²) in [6.07, 6.45) is 0. The third-order valence-electron chi connectivity index (χ3n) is 2.46. The lowest BCUT2D eigenvalue weighted by molar-refractivity contribution is -0.387. The zero-order chi connectivity index (χ0) is 14.7. The molecule has 2 aromatic carbocycles. The van der Waals surface area contributed by atoms with Gasteiger partial charge in [0.15, 0.2) is 0 Å². The molecule has 0 fully saturated rings. The monoisotopic (exact) mass is 353 g/mol. The third-order valence-corrected chi connectivity index (χ3v) is 4.07. The van der Waals surface area contributed by atoms with Crippen molar-refractivity contribution in [1.29, 1.82) is 0 Å². The third kappa shape index (κ3) is 3.17. The standard InChI is InChI=1S/C13H8BrNO4S/c14-8-5-6-9(13(16)17)12(7-8)20-11-4-2-1-3-10(11)15(18)19/h1-7H,(H,16,17). The minimum atomic E-state index is -1.07. The van der Waals surface area contributed by atoms with Crippen LogP contribution in [0.1, 0.15) is 10.4 Å². The average molecular weight is 354 g/mol. The Bertz CT molecular complexity index is 690. The maximum atomic E-state index is 11.2. The summed E-state index contributed by atoms with van der Waals surface area (Å²) in [7, 11) is 0. The first-order chi connectivity index (χ1) is 9.49. The van der Waals surface area contributed by atoms with Crippen molar-refractivity contribution in [2.24, 2.45) is 0 Å². The zero-order valence-electron chi connectivity index (χ0n) is 9.95. The van der Waals surface area contributed by atoms with Gasteiger partial charge in [0.05, 0.1) is 15.4 Å². The normalized spacial score (nSPS) is 10.2. The topological polar surface area (TPSA) is 80.4 Å². The zero-order valence-corrected chi connectivity index (χ0v) is 12.3. The Hall–Kier alpha value is -1.86. The maximum absolute atomic E-state index is 11.2. The van der Waals surface area contributed by atoms with E-state index in [0.717, 1.165) is 11.8 Å². The Morgan fingerprint density at radius 1 is 1.20 bits per heavy atom. The predicted octanol–water partition coefficient (Wildman–Crippen LogP) is 4.21. The van der Waals surface area contributed by atoms with Crippen LogP contribution in [0.15, 0.2) is 56.7 Å². The largest absolute Gasteiger partial charge is 0.478 e. The Balaban J connectivity index is 2.47. The summed E-state index contributed by atoms with van der Waals surface area (Å²) < 4.78 is 0.712. The van der Waals surface area contributed by atoms with Crippen LogP contribution in [0.25, 0.3) is 0 Å². The first kappa shape index (κ1) is 14.5. The molecule has 0 aliphatic heterocycles. The van der Waals surface area contributed by atoms with Gasteiger partial charge in [0.25, 0.3) is 5.69 Å². The van der Waals surface area contributed by atoms with Crippen LogP contribution < -0.4 is 0 Å². The number of carboxylic acid groups (broad SMARTS) is 1.